The second-order valence-corrected chi connectivity index (χ2v) is 7.21. The number of rotatable bonds is 5. The van der Waals surface area contributed by atoms with Gasteiger partial charge in [0.25, 0.3) is 5.91 Å². The van der Waals surface area contributed by atoms with Gasteiger partial charge in [-0.2, -0.15) is 0 Å². The van der Waals surface area contributed by atoms with Gasteiger partial charge in [0.1, 0.15) is 5.75 Å². The standard InChI is InChI=1S/C22H27NO2.2C2H6/c1-17-12-14-22(15-13-17,18-8-4-3-5-9-18)16-23-21(24)19-10-6-7-11-20(19)25-2;2*1-2/h3-11,17H,12-16H2,1-2H3,(H,23,24);2*1-2H3. The fourth-order valence-corrected chi connectivity index (χ4v) is 3.85. The fraction of sp³-hybridized carbons (Fsp3) is 0.500. The molecule has 0 unspecified atom stereocenters. The van der Waals surface area contributed by atoms with E-state index in [9.17, 15) is 4.79 Å². The summed E-state index contributed by atoms with van der Waals surface area (Å²) in [6.07, 6.45) is 4.65. The number of carbonyl (C=O) groups excluding carboxylic acids is 1. The van der Waals surface area contributed by atoms with Crippen LogP contribution in [0.1, 0.15) is 76.2 Å². The van der Waals surface area contributed by atoms with Crippen LogP contribution in [0.15, 0.2) is 54.6 Å². The number of hydrogen-bond donors (Lipinski definition) is 1. The Kier molecular flexibility index (Phi) is 11.1. The Labute approximate surface area is 177 Å². The van der Waals surface area contributed by atoms with Crippen LogP contribution in [0.5, 0.6) is 5.75 Å². The highest BCUT2D eigenvalue weighted by Crippen LogP contribution is 2.41. The molecule has 1 aliphatic rings. The maximum Gasteiger partial charge on any atom is 0.255 e. The maximum atomic E-state index is 12.7. The van der Waals surface area contributed by atoms with Crippen LogP contribution in [0, 0.1) is 5.92 Å². The van der Waals surface area contributed by atoms with E-state index in [4.69, 9.17) is 4.74 Å². The molecule has 2 aromatic rings. The highest BCUT2D eigenvalue weighted by molar-refractivity contribution is 5.96. The van der Waals surface area contributed by atoms with Crippen molar-refractivity contribution in [2.75, 3.05) is 13.7 Å². The number of hydrogen-bond acceptors (Lipinski definition) is 2. The fourth-order valence-electron chi connectivity index (χ4n) is 3.85. The monoisotopic (exact) mass is 397 g/mol. The van der Waals surface area contributed by atoms with Gasteiger partial charge in [0.05, 0.1) is 12.7 Å². The van der Waals surface area contributed by atoms with Crippen molar-refractivity contribution in [2.45, 2.75) is 65.7 Å². The zero-order chi connectivity index (χ0) is 21.7. The van der Waals surface area contributed by atoms with Crippen molar-refractivity contribution in [1.29, 1.82) is 0 Å². The van der Waals surface area contributed by atoms with Crippen LogP contribution in [-0.2, 0) is 5.41 Å². The first-order valence-electron chi connectivity index (χ1n) is 11.1. The van der Waals surface area contributed by atoms with E-state index in [0.29, 0.717) is 17.9 Å². The quantitative estimate of drug-likeness (QED) is 0.615. The van der Waals surface area contributed by atoms with Crippen LogP contribution in [0.25, 0.3) is 0 Å². The lowest BCUT2D eigenvalue weighted by Crippen LogP contribution is -2.43. The van der Waals surface area contributed by atoms with Crippen LogP contribution in [-0.4, -0.2) is 19.6 Å². The summed E-state index contributed by atoms with van der Waals surface area (Å²) in [4.78, 5) is 12.7. The molecule has 160 valence electrons. The lowest BCUT2D eigenvalue weighted by atomic mass is 9.67. The molecule has 3 nitrogen and oxygen atoms in total. The molecule has 1 N–H and O–H groups in total. The molecule has 0 atom stereocenters. The molecular formula is C26H39NO2. The minimum atomic E-state index is -0.0635. The molecule has 0 bridgehead atoms. The Morgan fingerprint density at radius 2 is 1.52 bits per heavy atom. The van der Waals surface area contributed by atoms with E-state index < -0.39 is 0 Å². The summed E-state index contributed by atoms with van der Waals surface area (Å²) in [5.74, 6) is 1.32. The van der Waals surface area contributed by atoms with Crippen LogP contribution in [0.3, 0.4) is 0 Å². The van der Waals surface area contributed by atoms with Crippen LogP contribution in [0.4, 0.5) is 0 Å². The van der Waals surface area contributed by atoms with E-state index in [2.05, 4.69) is 42.6 Å². The molecule has 0 heterocycles. The molecule has 1 saturated carbocycles. The van der Waals surface area contributed by atoms with Crippen molar-refractivity contribution in [3.8, 4) is 5.75 Å². The molecule has 1 aliphatic carbocycles. The van der Waals surface area contributed by atoms with Crippen molar-refractivity contribution in [3.63, 3.8) is 0 Å². The lowest BCUT2D eigenvalue weighted by Gasteiger charge is -2.40. The molecule has 29 heavy (non-hydrogen) atoms. The van der Waals surface area contributed by atoms with E-state index in [-0.39, 0.29) is 11.3 Å². The van der Waals surface area contributed by atoms with Gasteiger partial charge in [0.15, 0.2) is 0 Å². The minimum absolute atomic E-state index is 0.0332. The molecule has 0 aliphatic heterocycles. The van der Waals surface area contributed by atoms with E-state index in [1.165, 1.54) is 18.4 Å². The molecule has 1 fully saturated rings. The van der Waals surface area contributed by atoms with E-state index in [0.717, 1.165) is 18.8 Å². The summed E-state index contributed by atoms with van der Waals surface area (Å²) in [5.41, 5.74) is 1.96. The molecule has 0 radical (unpaired) electrons. The number of methoxy groups -OCH3 is 1. The number of carbonyl (C=O) groups is 1. The van der Waals surface area contributed by atoms with Gasteiger partial charge in [-0.3, -0.25) is 4.79 Å². The van der Waals surface area contributed by atoms with Crippen molar-refractivity contribution < 1.29 is 9.53 Å². The summed E-state index contributed by atoms with van der Waals surface area (Å²) >= 11 is 0. The Balaban J connectivity index is 0.000000989. The van der Waals surface area contributed by atoms with Gasteiger partial charge in [0, 0.05) is 12.0 Å². The SMILES string of the molecule is CC.CC.COc1ccccc1C(=O)NCC1(c2ccccc2)CCC(C)CC1. The Bertz CT molecular complexity index is 704. The maximum absolute atomic E-state index is 12.7. The molecule has 2 aromatic carbocycles. The van der Waals surface area contributed by atoms with E-state index in [1.807, 2.05) is 52.0 Å². The van der Waals surface area contributed by atoms with Crippen molar-refractivity contribution in [1.82, 2.24) is 5.32 Å². The van der Waals surface area contributed by atoms with Crippen molar-refractivity contribution in [2.24, 2.45) is 5.92 Å². The zero-order valence-electron chi connectivity index (χ0n) is 19.1. The van der Waals surface area contributed by atoms with Gasteiger partial charge in [-0.25, -0.2) is 0 Å². The Hall–Kier alpha value is -2.29. The van der Waals surface area contributed by atoms with Crippen molar-refractivity contribution in [3.05, 3.63) is 65.7 Å². The topological polar surface area (TPSA) is 38.3 Å². The number of nitrogens with one attached hydrogen (secondary N) is 1. The number of benzene rings is 2. The van der Waals surface area contributed by atoms with E-state index in [1.54, 1.807) is 7.11 Å². The number of ether oxygens (including phenoxy) is 1. The molecule has 0 spiro atoms. The summed E-state index contributed by atoms with van der Waals surface area (Å²) in [6, 6.07) is 18.0. The predicted octanol–water partition coefficient (Wildman–Crippen LogP) is 6.63. The Morgan fingerprint density at radius 3 is 2.10 bits per heavy atom. The zero-order valence-corrected chi connectivity index (χ0v) is 19.1. The van der Waals surface area contributed by atoms with Crippen LogP contribution < -0.4 is 10.1 Å². The molecule has 0 aromatic heterocycles. The molecular weight excluding hydrogens is 358 g/mol. The van der Waals surface area contributed by atoms with Gasteiger partial charge in [-0.15, -0.1) is 0 Å². The largest absolute Gasteiger partial charge is 0.496 e. The summed E-state index contributed by atoms with van der Waals surface area (Å²) in [6.45, 7) is 11.0. The third-order valence-corrected chi connectivity index (χ3v) is 5.56. The Morgan fingerprint density at radius 1 is 0.966 bits per heavy atom. The summed E-state index contributed by atoms with van der Waals surface area (Å²) in [7, 11) is 1.60. The highest BCUT2D eigenvalue weighted by Gasteiger charge is 2.36. The van der Waals surface area contributed by atoms with Gasteiger partial charge in [0.2, 0.25) is 0 Å². The smallest absolute Gasteiger partial charge is 0.255 e. The minimum Gasteiger partial charge on any atom is -0.496 e. The molecule has 1 amide bonds. The second-order valence-electron chi connectivity index (χ2n) is 7.21. The third-order valence-electron chi connectivity index (χ3n) is 5.56. The average Bonchev–Trinajstić information content (AvgIpc) is 2.82. The first-order chi connectivity index (χ1) is 14.1. The van der Waals surface area contributed by atoms with E-state index >= 15 is 0 Å². The van der Waals surface area contributed by atoms with Crippen LogP contribution in [0.2, 0.25) is 0 Å². The average molecular weight is 398 g/mol. The normalized spacial score (nSPS) is 20.3. The highest BCUT2D eigenvalue weighted by atomic mass is 16.5. The van der Waals surface area contributed by atoms with Crippen molar-refractivity contribution >= 4 is 5.91 Å². The number of amides is 1. The third kappa shape index (κ3) is 6.62. The second kappa shape index (κ2) is 13.0. The van der Waals surface area contributed by atoms with Gasteiger partial charge >= 0.3 is 0 Å². The van der Waals surface area contributed by atoms with Crippen LogP contribution >= 0.6 is 0 Å². The first-order valence-corrected chi connectivity index (χ1v) is 11.1. The summed E-state index contributed by atoms with van der Waals surface area (Å²) in [5, 5.41) is 3.18. The van der Waals surface area contributed by atoms with Gasteiger partial charge in [-0.1, -0.05) is 77.1 Å². The summed E-state index contributed by atoms with van der Waals surface area (Å²) < 4.78 is 5.32. The lowest BCUT2D eigenvalue weighted by molar-refractivity contribution is 0.0930. The first kappa shape index (κ1) is 24.7. The molecule has 3 rings (SSSR count). The molecule has 0 saturated heterocycles. The predicted molar refractivity (Wildman–Crippen MR) is 124 cm³/mol. The number of para-hydroxylation sites is 1. The molecule has 3 heteroatoms. The van der Waals surface area contributed by atoms with Gasteiger partial charge in [-0.05, 0) is 49.3 Å². The van der Waals surface area contributed by atoms with Gasteiger partial charge < -0.3 is 10.1 Å².